The van der Waals surface area contributed by atoms with E-state index in [4.69, 9.17) is 14.2 Å². The van der Waals surface area contributed by atoms with Crippen molar-refractivity contribution in [3.8, 4) is 0 Å². The normalized spacial score (nSPS) is 12.9. The highest BCUT2D eigenvalue weighted by Crippen LogP contribution is 2.16. The Bertz CT molecular complexity index is 1620. The van der Waals surface area contributed by atoms with Gasteiger partial charge in [0.2, 0.25) is 0 Å². The summed E-state index contributed by atoms with van der Waals surface area (Å²) >= 11 is 0. The van der Waals surface area contributed by atoms with Crippen LogP contribution in [0.25, 0.3) is 0 Å². The lowest BCUT2D eigenvalue weighted by atomic mass is 10.0. The molecule has 0 N–H and O–H groups in total. The van der Waals surface area contributed by atoms with Crippen LogP contribution >= 0.6 is 0 Å². The smallest absolute Gasteiger partial charge is 0.306 e. The number of carbonyl (C=O) groups is 3. The van der Waals surface area contributed by atoms with Crippen molar-refractivity contribution < 1.29 is 28.6 Å². The van der Waals surface area contributed by atoms with E-state index in [-0.39, 0.29) is 31.1 Å². The maximum absolute atomic E-state index is 12.9. The molecule has 0 saturated carbocycles. The molecule has 0 heterocycles. The molecule has 1 atom stereocenters. The molecular formula is C72H120O6. The molecule has 0 aliphatic rings. The molecule has 0 amide bonds. The second kappa shape index (κ2) is 65.3. The number of rotatable bonds is 58. The highest BCUT2D eigenvalue weighted by molar-refractivity contribution is 5.71. The zero-order valence-corrected chi connectivity index (χ0v) is 50.9. The summed E-state index contributed by atoms with van der Waals surface area (Å²) in [6, 6.07) is 0. The Morgan fingerprint density at radius 2 is 0.513 bits per heavy atom. The van der Waals surface area contributed by atoms with Crippen molar-refractivity contribution in [2.45, 2.75) is 303 Å². The van der Waals surface area contributed by atoms with Crippen molar-refractivity contribution in [1.29, 1.82) is 0 Å². The number of allylic oxidation sites excluding steroid dienone is 20. The van der Waals surface area contributed by atoms with Gasteiger partial charge in [0.05, 0.1) is 0 Å². The van der Waals surface area contributed by atoms with E-state index in [1.165, 1.54) is 122 Å². The van der Waals surface area contributed by atoms with Gasteiger partial charge in [-0.3, -0.25) is 14.4 Å². The minimum Gasteiger partial charge on any atom is -0.462 e. The Hall–Kier alpha value is -4.19. The Balaban J connectivity index is 4.34. The summed E-state index contributed by atoms with van der Waals surface area (Å²) in [5, 5.41) is 0. The number of hydrogen-bond acceptors (Lipinski definition) is 6. The first kappa shape index (κ1) is 73.8. The van der Waals surface area contributed by atoms with Crippen LogP contribution in [0.2, 0.25) is 0 Å². The van der Waals surface area contributed by atoms with Gasteiger partial charge < -0.3 is 14.2 Å². The minimum absolute atomic E-state index is 0.0926. The summed E-state index contributed by atoms with van der Waals surface area (Å²) in [4.78, 5) is 38.2. The molecule has 6 nitrogen and oxygen atoms in total. The molecule has 0 spiro atoms. The summed E-state index contributed by atoms with van der Waals surface area (Å²) < 4.78 is 16.9. The van der Waals surface area contributed by atoms with E-state index in [1.807, 2.05) is 0 Å². The highest BCUT2D eigenvalue weighted by Gasteiger charge is 2.19. The van der Waals surface area contributed by atoms with Gasteiger partial charge in [0.15, 0.2) is 6.10 Å². The molecular weight excluding hydrogens is 961 g/mol. The molecule has 6 heteroatoms. The number of unbranched alkanes of at least 4 members (excludes halogenated alkanes) is 27. The van der Waals surface area contributed by atoms with E-state index >= 15 is 0 Å². The Kier molecular flexibility index (Phi) is 61.8. The van der Waals surface area contributed by atoms with Crippen LogP contribution in [0.5, 0.6) is 0 Å². The average Bonchev–Trinajstić information content (AvgIpc) is 3.44. The predicted molar refractivity (Wildman–Crippen MR) is 339 cm³/mol. The lowest BCUT2D eigenvalue weighted by Gasteiger charge is -2.18. The lowest BCUT2D eigenvalue weighted by molar-refractivity contribution is -0.167. The van der Waals surface area contributed by atoms with Gasteiger partial charge in [0.25, 0.3) is 0 Å². The lowest BCUT2D eigenvalue weighted by Crippen LogP contribution is -2.30. The van der Waals surface area contributed by atoms with Crippen LogP contribution in [0.1, 0.15) is 297 Å². The van der Waals surface area contributed by atoms with Crippen LogP contribution in [-0.4, -0.2) is 37.2 Å². The fourth-order valence-corrected chi connectivity index (χ4v) is 8.83. The monoisotopic (exact) mass is 1080 g/mol. The first-order chi connectivity index (χ1) is 38.5. The fraction of sp³-hybridized carbons (Fsp3) is 0.681. The van der Waals surface area contributed by atoms with E-state index in [2.05, 4.69) is 142 Å². The van der Waals surface area contributed by atoms with Crippen LogP contribution in [0.15, 0.2) is 122 Å². The van der Waals surface area contributed by atoms with Crippen molar-refractivity contribution in [2.24, 2.45) is 0 Å². The van der Waals surface area contributed by atoms with Crippen molar-refractivity contribution in [3.05, 3.63) is 122 Å². The summed E-state index contributed by atoms with van der Waals surface area (Å²) in [5.74, 6) is -0.929. The van der Waals surface area contributed by atoms with Crippen LogP contribution < -0.4 is 0 Å². The summed E-state index contributed by atoms with van der Waals surface area (Å²) in [6.45, 7) is 6.47. The molecule has 0 aromatic rings. The minimum atomic E-state index is -0.796. The van der Waals surface area contributed by atoms with Gasteiger partial charge in [0, 0.05) is 19.3 Å². The predicted octanol–water partition coefficient (Wildman–Crippen LogP) is 22.4. The van der Waals surface area contributed by atoms with Crippen LogP contribution in [0.3, 0.4) is 0 Å². The van der Waals surface area contributed by atoms with Crippen molar-refractivity contribution in [3.63, 3.8) is 0 Å². The van der Waals surface area contributed by atoms with Crippen molar-refractivity contribution in [1.82, 2.24) is 0 Å². The maximum atomic E-state index is 12.9. The van der Waals surface area contributed by atoms with Gasteiger partial charge in [-0.25, -0.2) is 0 Å². The van der Waals surface area contributed by atoms with E-state index in [0.717, 1.165) is 135 Å². The quantitative estimate of drug-likeness (QED) is 0.0261. The molecule has 0 rings (SSSR count). The summed E-state index contributed by atoms with van der Waals surface area (Å²) in [5.41, 5.74) is 0. The van der Waals surface area contributed by atoms with Crippen molar-refractivity contribution >= 4 is 17.9 Å². The van der Waals surface area contributed by atoms with Crippen LogP contribution in [0.4, 0.5) is 0 Å². The van der Waals surface area contributed by atoms with Gasteiger partial charge in [0.1, 0.15) is 13.2 Å². The van der Waals surface area contributed by atoms with E-state index in [9.17, 15) is 14.4 Å². The average molecular weight is 1080 g/mol. The zero-order valence-electron chi connectivity index (χ0n) is 50.9. The van der Waals surface area contributed by atoms with Gasteiger partial charge in [-0.2, -0.15) is 0 Å². The number of carbonyl (C=O) groups excluding carboxylic acids is 3. The Morgan fingerprint density at radius 1 is 0.269 bits per heavy atom. The Morgan fingerprint density at radius 3 is 0.846 bits per heavy atom. The second-order valence-electron chi connectivity index (χ2n) is 21.3. The highest BCUT2D eigenvalue weighted by atomic mass is 16.6. The molecule has 0 aliphatic heterocycles. The zero-order chi connectivity index (χ0) is 56.4. The first-order valence-electron chi connectivity index (χ1n) is 32.5. The van der Waals surface area contributed by atoms with Crippen molar-refractivity contribution in [2.75, 3.05) is 13.2 Å². The fourth-order valence-electron chi connectivity index (χ4n) is 8.83. The maximum Gasteiger partial charge on any atom is 0.306 e. The SMILES string of the molecule is CC/C=C\C/C=C\C/C=C\C/C=C\C/C=C\C/C=C\C/C=C\C/C=C\C/C=C\CCCCCC(=O)OCC(COC(=O)CCCCCCC/C=C\CCCC)OC(=O)CCCCCCCCCCCCCCCCCCCC. The van der Waals surface area contributed by atoms with E-state index < -0.39 is 6.10 Å². The van der Waals surface area contributed by atoms with Crippen LogP contribution in [0, 0.1) is 0 Å². The van der Waals surface area contributed by atoms with Gasteiger partial charge in [-0.15, -0.1) is 0 Å². The number of hydrogen-bond donors (Lipinski definition) is 0. The molecule has 0 aliphatic carbocycles. The third-order valence-corrected chi connectivity index (χ3v) is 13.7. The molecule has 0 saturated heterocycles. The van der Waals surface area contributed by atoms with Crippen LogP contribution in [-0.2, 0) is 28.6 Å². The van der Waals surface area contributed by atoms with E-state index in [1.54, 1.807) is 0 Å². The second-order valence-corrected chi connectivity index (χ2v) is 21.3. The van der Waals surface area contributed by atoms with Gasteiger partial charge in [-0.05, 0) is 109 Å². The summed E-state index contributed by atoms with van der Waals surface area (Å²) in [6.07, 6.45) is 90.7. The van der Waals surface area contributed by atoms with Gasteiger partial charge in [-0.1, -0.05) is 290 Å². The molecule has 0 aromatic carbocycles. The summed E-state index contributed by atoms with van der Waals surface area (Å²) in [7, 11) is 0. The molecule has 0 aromatic heterocycles. The molecule has 444 valence electrons. The largest absolute Gasteiger partial charge is 0.462 e. The standard InChI is InChI=1S/C72H120O6/c1-4-7-10-13-16-19-22-24-26-28-30-31-32-33-34-35-36-37-38-39-40-41-42-44-45-47-50-53-56-59-62-65-71(74)77-68-69(67-76-70(73)64-61-58-55-52-49-21-18-15-12-9-6-3)78-72(75)66-63-60-57-54-51-48-46-43-29-27-25-23-20-17-14-11-8-5-2/h7,10,15-16,18-19,24,26,30-31,33-34,36-37,39-40,42,44,47,50,69H,4-6,8-9,11-14,17,20-23,25,27-29,32,35,38,41,43,45-46,48-49,51-68H2,1-3H3/b10-7-,18-15-,19-16-,26-24-,31-30-,34-33-,37-36-,40-39-,44-42-,50-47-. The van der Waals surface area contributed by atoms with Gasteiger partial charge >= 0.3 is 17.9 Å². The number of esters is 3. The topological polar surface area (TPSA) is 78.9 Å². The third kappa shape index (κ3) is 62.7. The molecule has 0 radical (unpaired) electrons. The number of ether oxygens (including phenoxy) is 3. The third-order valence-electron chi connectivity index (χ3n) is 13.7. The van der Waals surface area contributed by atoms with E-state index in [0.29, 0.717) is 19.3 Å². The molecule has 78 heavy (non-hydrogen) atoms. The molecule has 0 fully saturated rings. The Labute approximate surface area is 482 Å². The first-order valence-corrected chi connectivity index (χ1v) is 32.5. The molecule has 1 unspecified atom stereocenters. The molecule has 0 bridgehead atoms.